The Hall–Kier alpha value is -1.60. The summed E-state index contributed by atoms with van der Waals surface area (Å²) in [6, 6.07) is 4.10. The molecule has 20 heavy (non-hydrogen) atoms. The fourth-order valence-corrected chi connectivity index (χ4v) is 3.95. The number of carbonyl (C=O) groups excluding carboxylic acids is 1. The minimum Gasteiger partial charge on any atom is -0.465 e. The van der Waals surface area contributed by atoms with E-state index in [4.69, 9.17) is 5.73 Å². The highest BCUT2D eigenvalue weighted by Gasteiger charge is 2.32. The van der Waals surface area contributed by atoms with Crippen molar-refractivity contribution in [3.05, 3.63) is 23.8 Å². The first kappa shape index (κ1) is 14.8. The number of hydrogen-bond acceptors (Lipinski definition) is 5. The maximum absolute atomic E-state index is 12.5. The van der Waals surface area contributed by atoms with Gasteiger partial charge in [-0.2, -0.15) is 4.31 Å². The van der Waals surface area contributed by atoms with E-state index in [9.17, 15) is 13.2 Å². The predicted octanol–water partition coefficient (Wildman–Crippen LogP) is 1.09. The second kappa shape index (κ2) is 5.41. The first-order valence-corrected chi connectivity index (χ1v) is 7.78. The van der Waals surface area contributed by atoms with E-state index in [-0.39, 0.29) is 16.1 Å². The molecule has 0 saturated carbocycles. The SMILES string of the molecule is COC(=O)c1ccc(S(=O)(=O)N2CCC(C)C2)c(N)c1. The van der Waals surface area contributed by atoms with Crippen molar-refractivity contribution in [3.63, 3.8) is 0 Å². The van der Waals surface area contributed by atoms with Crippen LogP contribution in [-0.4, -0.2) is 38.9 Å². The Morgan fingerprint density at radius 2 is 2.15 bits per heavy atom. The van der Waals surface area contributed by atoms with Crippen LogP contribution in [-0.2, 0) is 14.8 Å². The van der Waals surface area contributed by atoms with Crippen molar-refractivity contribution in [3.8, 4) is 0 Å². The van der Waals surface area contributed by atoms with Crippen LogP contribution in [0.1, 0.15) is 23.7 Å². The van der Waals surface area contributed by atoms with Gasteiger partial charge in [-0.05, 0) is 30.5 Å². The minimum atomic E-state index is -3.60. The molecule has 2 N–H and O–H groups in total. The van der Waals surface area contributed by atoms with Crippen LogP contribution in [0.15, 0.2) is 23.1 Å². The summed E-state index contributed by atoms with van der Waals surface area (Å²) in [5.74, 6) is -0.198. The van der Waals surface area contributed by atoms with Crippen LogP contribution < -0.4 is 5.73 Å². The van der Waals surface area contributed by atoms with Crippen molar-refractivity contribution in [2.24, 2.45) is 5.92 Å². The summed E-state index contributed by atoms with van der Waals surface area (Å²) in [7, 11) is -2.34. The summed E-state index contributed by atoms with van der Waals surface area (Å²) in [6.45, 7) is 3.02. The van der Waals surface area contributed by atoms with Gasteiger partial charge in [0.1, 0.15) is 4.90 Å². The molecule has 1 fully saturated rings. The Morgan fingerprint density at radius 3 is 2.65 bits per heavy atom. The Morgan fingerprint density at radius 1 is 1.45 bits per heavy atom. The van der Waals surface area contributed by atoms with Gasteiger partial charge < -0.3 is 10.5 Å². The topological polar surface area (TPSA) is 89.7 Å². The molecular weight excluding hydrogens is 280 g/mol. The molecule has 0 bridgehead atoms. The minimum absolute atomic E-state index is 0.0410. The molecule has 1 aromatic carbocycles. The van der Waals surface area contributed by atoms with Crippen LogP contribution in [0.5, 0.6) is 0 Å². The summed E-state index contributed by atoms with van der Waals surface area (Å²) in [5.41, 5.74) is 6.09. The normalized spacial score (nSPS) is 20.0. The van der Waals surface area contributed by atoms with Gasteiger partial charge in [-0.1, -0.05) is 6.92 Å². The van der Waals surface area contributed by atoms with Gasteiger partial charge >= 0.3 is 5.97 Å². The molecule has 1 aliphatic rings. The number of ether oxygens (including phenoxy) is 1. The molecule has 1 heterocycles. The van der Waals surface area contributed by atoms with Crippen LogP contribution in [0.25, 0.3) is 0 Å². The van der Waals surface area contributed by atoms with Crippen LogP contribution >= 0.6 is 0 Å². The molecule has 6 nitrogen and oxygen atoms in total. The molecule has 0 aromatic heterocycles. The number of nitrogen functional groups attached to an aromatic ring is 1. The molecular formula is C13H18N2O4S. The van der Waals surface area contributed by atoms with E-state index >= 15 is 0 Å². The molecule has 7 heteroatoms. The Bertz CT molecular complexity index is 627. The zero-order valence-electron chi connectivity index (χ0n) is 11.5. The highest BCUT2D eigenvalue weighted by Crippen LogP contribution is 2.28. The molecule has 1 aromatic rings. The van der Waals surface area contributed by atoms with Gasteiger partial charge in [-0.3, -0.25) is 0 Å². The van der Waals surface area contributed by atoms with Crippen molar-refractivity contribution < 1.29 is 17.9 Å². The predicted molar refractivity (Wildman–Crippen MR) is 74.7 cm³/mol. The van der Waals surface area contributed by atoms with Crippen molar-refractivity contribution in [1.29, 1.82) is 0 Å². The first-order chi connectivity index (χ1) is 9.36. The number of nitrogens with two attached hydrogens (primary N) is 1. The molecule has 0 radical (unpaired) electrons. The zero-order valence-corrected chi connectivity index (χ0v) is 12.3. The van der Waals surface area contributed by atoms with E-state index in [1.807, 2.05) is 6.92 Å². The van der Waals surface area contributed by atoms with Crippen molar-refractivity contribution in [1.82, 2.24) is 4.31 Å². The van der Waals surface area contributed by atoms with E-state index < -0.39 is 16.0 Å². The number of esters is 1. The third kappa shape index (κ3) is 2.64. The van der Waals surface area contributed by atoms with Crippen molar-refractivity contribution in [2.45, 2.75) is 18.2 Å². The third-order valence-electron chi connectivity index (χ3n) is 3.44. The highest BCUT2D eigenvalue weighted by atomic mass is 32.2. The second-order valence-corrected chi connectivity index (χ2v) is 6.91. The van der Waals surface area contributed by atoms with Gasteiger partial charge in [0.05, 0.1) is 18.4 Å². The van der Waals surface area contributed by atoms with Crippen molar-refractivity contribution in [2.75, 3.05) is 25.9 Å². The van der Waals surface area contributed by atoms with Gasteiger partial charge in [0.2, 0.25) is 10.0 Å². The summed E-state index contributed by atoms with van der Waals surface area (Å²) < 4.78 is 31.0. The monoisotopic (exact) mass is 298 g/mol. The Kier molecular flexibility index (Phi) is 4.01. The summed E-state index contributed by atoms with van der Waals surface area (Å²) in [4.78, 5) is 11.4. The standard InChI is InChI=1S/C13H18N2O4S/c1-9-5-6-15(8-9)20(17,18)12-4-3-10(7-11(12)14)13(16)19-2/h3-4,7,9H,5-6,8,14H2,1-2H3. The quantitative estimate of drug-likeness (QED) is 0.666. The lowest BCUT2D eigenvalue weighted by atomic mass is 10.2. The number of carbonyl (C=O) groups is 1. The molecule has 1 saturated heterocycles. The number of nitrogens with zero attached hydrogens (tertiary/aromatic N) is 1. The first-order valence-electron chi connectivity index (χ1n) is 6.34. The molecule has 1 atom stereocenters. The van der Waals surface area contributed by atoms with Gasteiger partial charge in [-0.15, -0.1) is 0 Å². The number of anilines is 1. The fraction of sp³-hybridized carbons (Fsp3) is 0.462. The van der Waals surface area contributed by atoms with Gasteiger partial charge in [-0.25, -0.2) is 13.2 Å². The highest BCUT2D eigenvalue weighted by molar-refractivity contribution is 7.89. The molecule has 0 amide bonds. The average Bonchev–Trinajstić information content (AvgIpc) is 2.84. The fourth-order valence-electron chi connectivity index (χ4n) is 2.28. The van der Waals surface area contributed by atoms with Gasteiger partial charge in [0.25, 0.3) is 0 Å². The largest absolute Gasteiger partial charge is 0.465 e. The average molecular weight is 298 g/mol. The maximum Gasteiger partial charge on any atom is 0.337 e. The summed E-state index contributed by atoms with van der Waals surface area (Å²) in [5, 5.41) is 0. The maximum atomic E-state index is 12.5. The number of sulfonamides is 1. The van der Waals surface area contributed by atoms with E-state index in [1.54, 1.807) is 0 Å². The van der Waals surface area contributed by atoms with Crippen molar-refractivity contribution >= 4 is 21.7 Å². The molecule has 0 aliphatic carbocycles. The number of methoxy groups -OCH3 is 1. The molecule has 1 aliphatic heterocycles. The van der Waals surface area contributed by atoms with Gasteiger partial charge in [0.15, 0.2) is 0 Å². The van der Waals surface area contributed by atoms with Crippen LogP contribution in [0.3, 0.4) is 0 Å². The van der Waals surface area contributed by atoms with E-state index in [2.05, 4.69) is 4.74 Å². The summed E-state index contributed by atoms with van der Waals surface area (Å²) in [6.07, 6.45) is 0.847. The lowest BCUT2D eigenvalue weighted by Gasteiger charge is -2.17. The Balaban J connectivity index is 2.35. The molecule has 2 rings (SSSR count). The second-order valence-electron chi connectivity index (χ2n) is 5.00. The third-order valence-corrected chi connectivity index (χ3v) is 5.37. The number of benzene rings is 1. The molecule has 0 spiro atoms. The number of hydrogen-bond donors (Lipinski definition) is 1. The molecule has 110 valence electrons. The van der Waals surface area contributed by atoms with Gasteiger partial charge in [0, 0.05) is 13.1 Å². The Labute approximate surface area is 118 Å². The zero-order chi connectivity index (χ0) is 14.9. The van der Waals surface area contributed by atoms with E-state index in [1.165, 1.54) is 29.6 Å². The molecule has 1 unspecified atom stereocenters. The van der Waals surface area contributed by atoms with Crippen LogP contribution in [0, 0.1) is 5.92 Å². The van der Waals surface area contributed by atoms with Crippen LogP contribution in [0.2, 0.25) is 0 Å². The number of rotatable bonds is 3. The summed E-state index contributed by atoms with van der Waals surface area (Å²) >= 11 is 0. The smallest absolute Gasteiger partial charge is 0.337 e. The van der Waals surface area contributed by atoms with Crippen LogP contribution in [0.4, 0.5) is 5.69 Å². The lowest BCUT2D eigenvalue weighted by molar-refractivity contribution is 0.0600. The van der Waals surface area contributed by atoms with E-state index in [0.29, 0.717) is 19.0 Å². The van der Waals surface area contributed by atoms with E-state index in [0.717, 1.165) is 6.42 Å². The lowest BCUT2D eigenvalue weighted by Crippen LogP contribution is -2.29.